The Hall–Kier alpha value is -0.710. The van der Waals surface area contributed by atoms with E-state index >= 15 is 0 Å². The molecule has 2 aromatic rings. The SMILES string of the molecule is CO[C@@H]1CCC[C@H]1Sc1c(Cl)ccc2nc(C(C)(C)C)oc12. The minimum atomic E-state index is -0.115. The molecule has 0 radical (unpaired) electrons. The number of aromatic nitrogens is 1. The topological polar surface area (TPSA) is 35.3 Å². The number of nitrogens with zero attached hydrogens (tertiary/aromatic N) is 1. The number of oxazole rings is 1. The van der Waals surface area contributed by atoms with E-state index in [0.29, 0.717) is 11.4 Å². The Bertz CT molecular complexity index is 677. The van der Waals surface area contributed by atoms with Gasteiger partial charge in [0.1, 0.15) is 5.52 Å². The van der Waals surface area contributed by atoms with E-state index < -0.39 is 0 Å². The molecule has 1 aromatic heterocycles. The van der Waals surface area contributed by atoms with E-state index in [1.165, 1.54) is 6.42 Å². The van der Waals surface area contributed by atoms with E-state index in [2.05, 4.69) is 25.8 Å². The normalized spacial score (nSPS) is 22.6. The lowest BCUT2D eigenvalue weighted by atomic mass is 9.97. The highest BCUT2D eigenvalue weighted by molar-refractivity contribution is 8.00. The fourth-order valence-corrected chi connectivity index (χ4v) is 4.52. The molecular weight excluding hydrogens is 318 g/mol. The number of hydrogen-bond acceptors (Lipinski definition) is 4. The largest absolute Gasteiger partial charge is 0.439 e. The van der Waals surface area contributed by atoms with Crippen molar-refractivity contribution in [3.05, 3.63) is 23.0 Å². The number of benzene rings is 1. The zero-order valence-electron chi connectivity index (χ0n) is 13.5. The predicted octanol–water partition coefficient (Wildman–Crippen LogP) is 5.44. The Kier molecular flexibility index (Phi) is 4.45. The van der Waals surface area contributed by atoms with Crippen LogP contribution in [0.3, 0.4) is 0 Å². The summed E-state index contributed by atoms with van der Waals surface area (Å²) in [5.74, 6) is 0.751. The molecule has 0 N–H and O–H groups in total. The summed E-state index contributed by atoms with van der Waals surface area (Å²) in [5.41, 5.74) is 1.57. The molecule has 120 valence electrons. The lowest BCUT2D eigenvalue weighted by Gasteiger charge is -2.18. The van der Waals surface area contributed by atoms with Crippen LogP contribution in [0.1, 0.15) is 45.9 Å². The highest BCUT2D eigenvalue weighted by atomic mass is 35.5. The van der Waals surface area contributed by atoms with Crippen LogP contribution >= 0.6 is 23.4 Å². The van der Waals surface area contributed by atoms with Crippen molar-refractivity contribution < 1.29 is 9.15 Å². The summed E-state index contributed by atoms with van der Waals surface area (Å²) in [6.07, 6.45) is 3.76. The molecule has 0 saturated heterocycles. The minimum Gasteiger partial charge on any atom is -0.439 e. The molecule has 0 spiro atoms. The van der Waals surface area contributed by atoms with Crippen LogP contribution in [-0.2, 0) is 10.2 Å². The highest BCUT2D eigenvalue weighted by Gasteiger charge is 2.30. The van der Waals surface area contributed by atoms with Gasteiger partial charge in [-0.3, -0.25) is 0 Å². The first-order chi connectivity index (χ1) is 10.4. The average Bonchev–Trinajstić information content (AvgIpc) is 3.07. The van der Waals surface area contributed by atoms with Gasteiger partial charge in [-0.05, 0) is 31.4 Å². The number of fused-ring (bicyclic) bond motifs is 1. The van der Waals surface area contributed by atoms with Crippen LogP contribution in [-0.4, -0.2) is 23.4 Å². The molecule has 1 saturated carbocycles. The predicted molar refractivity (Wildman–Crippen MR) is 92.0 cm³/mol. The van der Waals surface area contributed by atoms with Crippen molar-refractivity contribution in [2.75, 3.05) is 7.11 Å². The zero-order valence-corrected chi connectivity index (χ0v) is 15.1. The lowest BCUT2D eigenvalue weighted by Crippen LogP contribution is -2.18. The summed E-state index contributed by atoms with van der Waals surface area (Å²) in [6, 6.07) is 3.85. The van der Waals surface area contributed by atoms with Gasteiger partial charge in [-0.1, -0.05) is 32.4 Å². The standard InChI is InChI=1S/C17H22ClNO2S/c1-17(2,3)16-19-11-9-8-10(18)15(14(11)21-16)22-13-7-5-6-12(13)20-4/h8-9,12-13H,5-7H2,1-4H3/t12-,13-/m1/s1. The van der Waals surface area contributed by atoms with E-state index in [-0.39, 0.29) is 5.41 Å². The molecule has 0 bridgehead atoms. The number of halogens is 1. The van der Waals surface area contributed by atoms with E-state index in [0.717, 1.165) is 39.8 Å². The number of methoxy groups -OCH3 is 1. The molecule has 1 aliphatic carbocycles. The molecular formula is C17H22ClNO2S. The van der Waals surface area contributed by atoms with Crippen LogP contribution in [0.4, 0.5) is 0 Å². The van der Waals surface area contributed by atoms with Gasteiger partial charge in [-0.15, -0.1) is 11.8 Å². The third-order valence-corrected chi connectivity index (χ3v) is 5.98. The van der Waals surface area contributed by atoms with E-state index in [4.69, 9.17) is 20.8 Å². The van der Waals surface area contributed by atoms with Crippen molar-refractivity contribution in [3.8, 4) is 0 Å². The first kappa shape index (κ1) is 16.2. The van der Waals surface area contributed by atoms with Crippen molar-refractivity contribution in [2.24, 2.45) is 0 Å². The van der Waals surface area contributed by atoms with Gasteiger partial charge in [0.25, 0.3) is 0 Å². The molecule has 2 atom stereocenters. The van der Waals surface area contributed by atoms with Gasteiger partial charge in [0.15, 0.2) is 5.58 Å². The molecule has 1 fully saturated rings. The summed E-state index contributed by atoms with van der Waals surface area (Å²) in [4.78, 5) is 5.63. The zero-order chi connectivity index (χ0) is 15.9. The van der Waals surface area contributed by atoms with Gasteiger partial charge in [0, 0.05) is 17.8 Å². The van der Waals surface area contributed by atoms with Crippen LogP contribution in [0.5, 0.6) is 0 Å². The van der Waals surface area contributed by atoms with Crippen LogP contribution in [0.25, 0.3) is 11.1 Å². The Morgan fingerprint density at radius 2 is 2.09 bits per heavy atom. The Balaban J connectivity index is 2.00. The van der Waals surface area contributed by atoms with Crippen molar-refractivity contribution >= 4 is 34.5 Å². The van der Waals surface area contributed by atoms with Gasteiger partial charge in [-0.2, -0.15) is 0 Å². The van der Waals surface area contributed by atoms with Crippen molar-refractivity contribution in [1.29, 1.82) is 0 Å². The molecule has 3 nitrogen and oxygen atoms in total. The van der Waals surface area contributed by atoms with Crippen LogP contribution in [0.2, 0.25) is 5.02 Å². The maximum absolute atomic E-state index is 6.45. The Morgan fingerprint density at radius 1 is 1.32 bits per heavy atom. The number of thioether (sulfide) groups is 1. The second-order valence-electron chi connectivity index (χ2n) is 6.86. The monoisotopic (exact) mass is 339 g/mol. The maximum atomic E-state index is 6.45. The summed E-state index contributed by atoms with van der Waals surface area (Å²) >= 11 is 8.22. The molecule has 1 aliphatic rings. The van der Waals surface area contributed by atoms with E-state index in [1.807, 2.05) is 12.1 Å². The third-order valence-electron chi connectivity index (χ3n) is 4.07. The third kappa shape index (κ3) is 3.01. The van der Waals surface area contributed by atoms with E-state index in [9.17, 15) is 0 Å². The minimum absolute atomic E-state index is 0.115. The number of ether oxygens (including phenoxy) is 1. The van der Waals surface area contributed by atoms with Gasteiger partial charge in [0.05, 0.1) is 16.0 Å². The van der Waals surface area contributed by atoms with Crippen LogP contribution in [0.15, 0.2) is 21.4 Å². The summed E-state index contributed by atoms with van der Waals surface area (Å²) in [6.45, 7) is 6.30. The molecule has 22 heavy (non-hydrogen) atoms. The molecule has 1 aromatic carbocycles. The summed E-state index contributed by atoms with van der Waals surface area (Å²) < 4.78 is 11.7. The van der Waals surface area contributed by atoms with Gasteiger partial charge in [-0.25, -0.2) is 4.98 Å². The number of hydrogen-bond donors (Lipinski definition) is 0. The quantitative estimate of drug-likeness (QED) is 0.746. The molecule has 0 amide bonds. The maximum Gasteiger partial charge on any atom is 0.200 e. The average molecular weight is 340 g/mol. The Labute approximate surface area is 140 Å². The summed E-state index contributed by atoms with van der Waals surface area (Å²) in [5, 5.41) is 1.16. The smallest absolute Gasteiger partial charge is 0.200 e. The van der Waals surface area contributed by atoms with Gasteiger partial charge < -0.3 is 9.15 Å². The highest BCUT2D eigenvalue weighted by Crippen LogP contribution is 2.43. The van der Waals surface area contributed by atoms with E-state index in [1.54, 1.807) is 18.9 Å². The fourth-order valence-electron chi connectivity index (χ4n) is 2.82. The Morgan fingerprint density at radius 3 is 2.77 bits per heavy atom. The van der Waals surface area contributed by atoms with Gasteiger partial charge >= 0.3 is 0 Å². The van der Waals surface area contributed by atoms with Crippen LogP contribution < -0.4 is 0 Å². The van der Waals surface area contributed by atoms with Crippen molar-refractivity contribution in [3.63, 3.8) is 0 Å². The van der Waals surface area contributed by atoms with Crippen molar-refractivity contribution in [1.82, 2.24) is 4.98 Å². The number of rotatable bonds is 3. The van der Waals surface area contributed by atoms with Gasteiger partial charge in [0.2, 0.25) is 5.89 Å². The molecule has 1 heterocycles. The molecule has 5 heteroatoms. The van der Waals surface area contributed by atoms with Crippen molar-refractivity contribution in [2.45, 2.75) is 61.7 Å². The fraction of sp³-hybridized carbons (Fsp3) is 0.588. The first-order valence-electron chi connectivity index (χ1n) is 7.69. The first-order valence-corrected chi connectivity index (χ1v) is 8.95. The second kappa shape index (κ2) is 6.06. The lowest BCUT2D eigenvalue weighted by molar-refractivity contribution is 0.113. The summed E-state index contributed by atoms with van der Waals surface area (Å²) in [7, 11) is 1.79. The second-order valence-corrected chi connectivity index (χ2v) is 8.51. The molecule has 3 rings (SSSR count). The molecule has 0 aliphatic heterocycles. The molecule has 0 unspecified atom stereocenters. The van der Waals surface area contributed by atoms with Crippen LogP contribution in [0, 0.1) is 0 Å².